The average Bonchev–Trinajstić information content (AvgIpc) is 2.80. The van der Waals surface area contributed by atoms with Crippen LogP contribution in [0.25, 0.3) is 0 Å². The van der Waals surface area contributed by atoms with Crippen molar-refractivity contribution in [3.63, 3.8) is 0 Å². The molecule has 1 aromatic heterocycles. The van der Waals surface area contributed by atoms with Gasteiger partial charge in [-0.25, -0.2) is 0 Å². The van der Waals surface area contributed by atoms with E-state index in [4.69, 9.17) is 4.74 Å². The minimum Gasteiger partial charge on any atom is -0.495 e. The van der Waals surface area contributed by atoms with Crippen LogP contribution >= 0.6 is 59.1 Å². The van der Waals surface area contributed by atoms with Gasteiger partial charge in [0.2, 0.25) is 0 Å². The second-order valence-electron chi connectivity index (χ2n) is 4.21. The number of methoxy groups -OCH3 is 1. The Morgan fingerprint density at radius 1 is 1.20 bits per heavy atom. The van der Waals surface area contributed by atoms with Crippen molar-refractivity contribution < 1.29 is 4.74 Å². The highest BCUT2D eigenvalue weighted by molar-refractivity contribution is 9.11. The van der Waals surface area contributed by atoms with Crippen molar-refractivity contribution in [1.82, 2.24) is 5.32 Å². The lowest BCUT2D eigenvalue weighted by Gasteiger charge is -2.12. The number of hydrogen-bond donors (Lipinski definition) is 1. The molecule has 0 saturated carbocycles. The first-order valence-electron chi connectivity index (χ1n) is 6.07. The first-order chi connectivity index (χ1) is 9.60. The Morgan fingerprint density at radius 3 is 2.65 bits per heavy atom. The zero-order chi connectivity index (χ0) is 14.5. The number of thiophene rings is 1. The molecule has 0 aliphatic heterocycles. The van der Waals surface area contributed by atoms with Gasteiger partial charge in [0.15, 0.2) is 0 Å². The molecule has 0 amide bonds. The van der Waals surface area contributed by atoms with E-state index in [2.05, 4.69) is 71.3 Å². The molecule has 20 heavy (non-hydrogen) atoms. The van der Waals surface area contributed by atoms with Crippen LogP contribution in [0.3, 0.4) is 0 Å². The molecule has 0 spiro atoms. The molecule has 1 aromatic carbocycles. The van der Waals surface area contributed by atoms with Gasteiger partial charge in [-0.3, -0.25) is 0 Å². The van der Waals surface area contributed by atoms with E-state index in [9.17, 15) is 0 Å². The maximum atomic E-state index is 5.44. The van der Waals surface area contributed by atoms with E-state index in [1.807, 2.05) is 6.07 Å². The largest absolute Gasteiger partial charge is 0.495 e. The first kappa shape index (κ1) is 16.5. The van der Waals surface area contributed by atoms with Gasteiger partial charge in [-0.05, 0) is 62.5 Å². The minimum atomic E-state index is 0.785. The van der Waals surface area contributed by atoms with Crippen molar-refractivity contribution >= 4 is 59.1 Å². The summed E-state index contributed by atoms with van der Waals surface area (Å²) in [5, 5.41) is 3.46. The van der Waals surface area contributed by atoms with Crippen molar-refractivity contribution in [2.75, 3.05) is 13.7 Å². The monoisotopic (exact) mass is 481 g/mol. The Bertz CT molecular complexity index is 586. The summed E-state index contributed by atoms with van der Waals surface area (Å²) in [6.07, 6.45) is 1.04. The second-order valence-corrected chi connectivity index (χ2v) is 8.53. The molecule has 0 saturated heterocycles. The van der Waals surface area contributed by atoms with Crippen LogP contribution in [0.15, 0.2) is 37.0 Å². The molecule has 0 fully saturated rings. The highest BCUT2D eigenvalue weighted by Crippen LogP contribution is 2.32. The maximum Gasteiger partial charge on any atom is 0.137 e. The average molecular weight is 484 g/mol. The van der Waals surface area contributed by atoms with E-state index >= 15 is 0 Å². The molecule has 2 aromatic rings. The normalized spacial score (nSPS) is 10.8. The van der Waals surface area contributed by atoms with Gasteiger partial charge in [0.25, 0.3) is 0 Å². The molecule has 2 rings (SSSR count). The van der Waals surface area contributed by atoms with Gasteiger partial charge in [-0.2, -0.15) is 0 Å². The molecule has 0 aliphatic carbocycles. The quantitative estimate of drug-likeness (QED) is 0.557. The van der Waals surface area contributed by atoms with Gasteiger partial charge in [0.1, 0.15) is 5.75 Å². The Balaban J connectivity index is 1.90. The van der Waals surface area contributed by atoms with Crippen LogP contribution in [0.2, 0.25) is 0 Å². The molecule has 0 unspecified atom stereocenters. The lowest BCUT2D eigenvalue weighted by atomic mass is 10.2. The number of hydrogen-bond acceptors (Lipinski definition) is 3. The molecule has 0 radical (unpaired) electrons. The number of benzene rings is 1. The van der Waals surface area contributed by atoms with Gasteiger partial charge >= 0.3 is 0 Å². The zero-order valence-electron chi connectivity index (χ0n) is 10.9. The summed E-state index contributed by atoms with van der Waals surface area (Å²) in [6.45, 7) is 1.73. The van der Waals surface area contributed by atoms with Gasteiger partial charge in [-0.1, -0.05) is 15.9 Å². The summed E-state index contributed by atoms with van der Waals surface area (Å²) in [7, 11) is 1.70. The number of ether oxygens (including phenoxy) is 1. The van der Waals surface area contributed by atoms with Crippen LogP contribution in [-0.4, -0.2) is 13.7 Å². The molecule has 1 N–H and O–H groups in total. The standard InChI is InChI=1S/C14H14Br3NOS/c1-19-14-9(6-10(15)7-12(14)16)8-18-5-4-11-2-3-13(17)20-11/h2-3,6-7,18H,4-5,8H2,1H3. The molecular weight excluding hydrogens is 470 g/mol. The summed E-state index contributed by atoms with van der Waals surface area (Å²) in [6, 6.07) is 8.32. The lowest BCUT2D eigenvalue weighted by molar-refractivity contribution is 0.405. The molecule has 0 bridgehead atoms. The third kappa shape index (κ3) is 4.56. The summed E-state index contributed by atoms with van der Waals surface area (Å²) >= 11 is 12.3. The van der Waals surface area contributed by atoms with E-state index in [-0.39, 0.29) is 0 Å². The fourth-order valence-corrected chi connectivity index (χ4v) is 4.85. The van der Waals surface area contributed by atoms with Crippen molar-refractivity contribution in [1.29, 1.82) is 0 Å². The lowest BCUT2D eigenvalue weighted by Crippen LogP contribution is -2.17. The smallest absolute Gasteiger partial charge is 0.137 e. The van der Waals surface area contributed by atoms with Crippen molar-refractivity contribution in [3.8, 4) is 5.75 Å². The zero-order valence-corrected chi connectivity index (χ0v) is 16.5. The maximum absolute atomic E-state index is 5.44. The van der Waals surface area contributed by atoms with Crippen molar-refractivity contribution in [2.24, 2.45) is 0 Å². The summed E-state index contributed by atoms with van der Waals surface area (Å²) < 4.78 is 8.63. The molecule has 108 valence electrons. The van der Waals surface area contributed by atoms with Crippen LogP contribution in [0.5, 0.6) is 5.75 Å². The van der Waals surface area contributed by atoms with Crippen molar-refractivity contribution in [2.45, 2.75) is 13.0 Å². The summed E-state index contributed by atoms with van der Waals surface area (Å²) in [5.41, 5.74) is 1.14. The Hall–Kier alpha value is 0.120. The molecule has 1 heterocycles. The van der Waals surface area contributed by atoms with Crippen LogP contribution in [0, 0.1) is 0 Å². The second kappa shape index (κ2) is 7.94. The van der Waals surface area contributed by atoms with Gasteiger partial charge in [0.05, 0.1) is 15.4 Å². The molecule has 0 aliphatic rings. The predicted octanol–water partition coefficient (Wildman–Crippen LogP) is 5.38. The Kier molecular flexibility index (Phi) is 6.55. The van der Waals surface area contributed by atoms with Gasteiger partial charge in [0, 0.05) is 28.0 Å². The highest BCUT2D eigenvalue weighted by atomic mass is 79.9. The van der Waals surface area contributed by atoms with E-state index in [0.29, 0.717) is 0 Å². The van der Waals surface area contributed by atoms with E-state index in [1.165, 1.54) is 8.66 Å². The third-order valence-corrected chi connectivity index (χ3v) is 5.51. The topological polar surface area (TPSA) is 21.3 Å². The number of halogens is 3. The number of nitrogens with one attached hydrogen (secondary N) is 1. The van der Waals surface area contributed by atoms with Crippen LogP contribution in [-0.2, 0) is 13.0 Å². The summed E-state index contributed by atoms with van der Waals surface area (Å²) in [4.78, 5) is 1.38. The molecule has 2 nitrogen and oxygen atoms in total. The van der Waals surface area contributed by atoms with Crippen LogP contribution < -0.4 is 10.1 Å². The first-order valence-corrected chi connectivity index (χ1v) is 9.26. The van der Waals surface area contributed by atoms with E-state index in [1.54, 1.807) is 18.4 Å². The summed E-state index contributed by atoms with van der Waals surface area (Å²) in [5.74, 6) is 0.888. The van der Waals surface area contributed by atoms with E-state index in [0.717, 1.165) is 39.8 Å². The fraction of sp³-hybridized carbons (Fsp3) is 0.286. The van der Waals surface area contributed by atoms with E-state index < -0.39 is 0 Å². The Labute approximate surface area is 148 Å². The SMILES string of the molecule is COc1c(Br)cc(Br)cc1CNCCc1ccc(Br)s1. The van der Waals surface area contributed by atoms with Gasteiger partial charge in [-0.15, -0.1) is 11.3 Å². The molecule has 0 atom stereocenters. The Morgan fingerprint density at radius 2 is 2.00 bits per heavy atom. The fourth-order valence-electron chi connectivity index (χ4n) is 1.89. The minimum absolute atomic E-state index is 0.785. The number of rotatable bonds is 6. The van der Waals surface area contributed by atoms with Crippen LogP contribution in [0.4, 0.5) is 0 Å². The van der Waals surface area contributed by atoms with Crippen LogP contribution in [0.1, 0.15) is 10.4 Å². The highest BCUT2D eigenvalue weighted by Gasteiger charge is 2.08. The van der Waals surface area contributed by atoms with Gasteiger partial charge < -0.3 is 10.1 Å². The predicted molar refractivity (Wildman–Crippen MR) is 95.8 cm³/mol. The van der Waals surface area contributed by atoms with Crippen molar-refractivity contribution in [3.05, 3.63) is 47.4 Å². The third-order valence-electron chi connectivity index (χ3n) is 2.78. The molecule has 6 heteroatoms. The molecular formula is C14H14Br3NOS.